The van der Waals surface area contributed by atoms with Crippen LogP contribution >= 0.6 is 11.6 Å². The average molecular weight is 238 g/mol. The zero-order chi connectivity index (χ0) is 11.5. The van der Waals surface area contributed by atoms with Crippen molar-refractivity contribution in [3.8, 4) is 11.4 Å². The van der Waals surface area contributed by atoms with Crippen LogP contribution in [0.3, 0.4) is 0 Å². The SMILES string of the molecule is CCCn1nnnc1-c1ccc(N)cc1Cl. The quantitative estimate of drug-likeness (QED) is 0.829. The topological polar surface area (TPSA) is 69.6 Å². The first-order valence-electron chi connectivity index (χ1n) is 5.04. The molecule has 0 bridgehead atoms. The van der Waals surface area contributed by atoms with Gasteiger partial charge in [-0.2, -0.15) is 0 Å². The van der Waals surface area contributed by atoms with Gasteiger partial charge in [-0.3, -0.25) is 0 Å². The Morgan fingerprint density at radius 1 is 1.44 bits per heavy atom. The molecule has 5 nitrogen and oxygen atoms in total. The summed E-state index contributed by atoms with van der Waals surface area (Å²) in [4.78, 5) is 0. The van der Waals surface area contributed by atoms with E-state index >= 15 is 0 Å². The Kier molecular flexibility index (Phi) is 3.05. The normalized spacial score (nSPS) is 10.6. The maximum Gasteiger partial charge on any atom is 0.183 e. The van der Waals surface area contributed by atoms with Gasteiger partial charge >= 0.3 is 0 Å². The molecule has 0 fully saturated rings. The van der Waals surface area contributed by atoms with Gasteiger partial charge in [0.05, 0.1) is 5.02 Å². The molecular weight excluding hydrogens is 226 g/mol. The number of benzene rings is 1. The smallest absolute Gasteiger partial charge is 0.183 e. The van der Waals surface area contributed by atoms with Crippen molar-refractivity contribution in [2.75, 3.05) is 5.73 Å². The minimum atomic E-state index is 0.562. The summed E-state index contributed by atoms with van der Waals surface area (Å²) in [7, 11) is 0. The predicted octanol–water partition coefficient (Wildman–Crippen LogP) is 1.99. The van der Waals surface area contributed by atoms with Gasteiger partial charge in [-0.1, -0.05) is 18.5 Å². The lowest BCUT2D eigenvalue weighted by atomic mass is 10.2. The minimum Gasteiger partial charge on any atom is -0.399 e. The fraction of sp³-hybridized carbons (Fsp3) is 0.300. The van der Waals surface area contributed by atoms with Crippen LogP contribution in [0.2, 0.25) is 5.02 Å². The number of tetrazole rings is 1. The van der Waals surface area contributed by atoms with Crippen molar-refractivity contribution in [2.24, 2.45) is 0 Å². The van der Waals surface area contributed by atoms with E-state index in [0.29, 0.717) is 16.5 Å². The molecule has 0 atom stereocenters. The van der Waals surface area contributed by atoms with Crippen LogP contribution in [0.25, 0.3) is 11.4 Å². The monoisotopic (exact) mass is 237 g/mol. The van der Waals surface area contributed by atoms with Crippen LogP contribution in [0.5, 0.6) is 0 Å². The summed E-state index contributed by atoms with van der Waals surface area (Å²) in [5.74, 6) is 0.673. The fourth-order valence-corrected chi connectivity index (χ4v) is 1.75. The lowest BCUT2D eigenvalue weighted by Crippen LogP contribution is -2.02. The third-order valence-electron chi connectivity index (χ3n) is 2.20. The molecule has 1 heterocycles. The van der Waals surface area contributed by atoms with Crippen molar-refractivity contribution in [3.05, 3.63) is 23.2 Å². The Balaban J connectivity index is 2.46. The van der Waals surface area contributed by atoms with Crippen LogP contribution < -0.4 is 5.73 Å². The number of aryl methyl sites for hydroxylation is 1. The van der Waals surface area contributed by atoms with Crippen LogP contribution in [-0.2, 0) is 6.54 Å². The highest BCUT2D eigenvalue weighted by Gasteiger charge is 2.11. The van der Waals surface area contributed by atoms with Crippen LogP contribution in [0, 0.1) is 0 Å². The van der Waals surface area contributed by atoms with Crippen molar-refractivity contribution in [2.45, 2.75) is 19.9 Å². The van der Waals surface area contributed by atoms with Crippen molar-refractivity contribution in [1.29, 1.82) is 0 Å². The lowest BCUT2D eigenvalue weighted by Gasteiger charge is -2.05. The number of nitrogen functional groups attached to an aromatic ring is 1. The van der Waals surface area contributed by atoms with Crippen molar-refractivity contribution < 1.29 is 0 Å². The van der Waals surface area contributed by atoms with E-state index in [1.54, 1.807) is 16.8 Å². The number of nitrogens with zero attached hydrogens (tertiary/aromatic N) is 4. The van der Waals surface area contributed by atoms with Gasteiger partial charge in [-0.25, -0.2) is 4.68 Å². The zero-order valence-electron chi connectivity index (χ0n) is 8.89. The summed E-state index contributed by atoms with van der Waals surface area (Å²) >= 11 is 6.10. The number of nitrogens with two attached hydrogens (primary N) is 1. The van der Waals surface area contributed by atoms with Crippen molar-refractivity contribution in [3.63, 3.8) is 0 Å². The van der Waals surface area contributed by atoms with Crippen LogP contribution in [0.1, 0.15) is 13.3 Å². The van der Waals surface area contributed by atoms with Crippen LogP contribution in [0.15, 0.2) is 18.2 Å². The van der Waals surface area contributed by atoms with E-state index in [2.05, 4.69) is 22.4 Å². The van der Waals surface area contributed by atoms with Gasteiger partial charge in [0, 0.05) is 17.8 Å². The molecule has 0 saturated heterocycles. The number of aromatic nitrogens is 4. The first kappa shape index (κ1) is 10.9. The summed E-state index contributed by atoms with van der Waals surface area (Å²) in [6, 6.07) is 5.31. The molecule has 2 N–H and O–H groups in total. The van der Waals surface area contributed by atoms with Gasteiger partial charge in [-0.15, -0.1) is 5.10 Å². The molecule has 1 aromatic carbocycles. The Bertz CT molecular complexity index is 494. The molecule has 0 aliphatic carbocycles. The Hall–Kier alpha value is -1.62. The Morgan fingerprint density at radius 3 is 2.94 bits per heavy atom. The molecule has 0 saturated carbocycles. The Labute approximate surface area is 98.2 Å². The summed E-state index contributed by atoms with van der Waals surface area (Å²) in [6.45, 7) is 2.83. The maximum atomic E-state index is 6.10. The first-order chi connectivity index (χ1) is 7.72. The molecule has 0 amide bonds. The zero-order valence-corrected chi connectivity index (χ0v) is 9.65. The molecule has 0 radical (unpaired) electrons. The van der Waals surface area contributed by atoms with Crippen molar-refractivity contribution >= 4 is 17.3 Å². The molecular formula is C10H12ClN5. The van der Waals surface area contributed by atoms with E-state index in [9.17, 15) is 0 Å². The van der Waals surface area contributed by atoms with E-state index in [1.807, 2.05) is 6.07 Å². The molecule has 1 aromatic heterocycles. The van der Waals surface area contributed by atoms with Crippen LogP contribution in [0.4, 0.5) is 5.69 Å². The number of hydrogen-bond donors (Lipinski definition) is 1. The van der Waals surface area contributed by atoms with Gasteiger partial charge in [0.15, 0.2) is 5.82 Å². The molecule has 6 heteroatoms. The summed E-state index contributed by atoms with van der Waals surface area (Å²) in [6.07, 6.45) is 0.963. The summed E-state index contributed by atoms with van der Waals surface area (Å²) in [5.41, 5.74) is 7.06. The number of halogens is 1. The number of anilines is 1. The largest absolute Gasteiger partial charge is 0.399 e. The van der Waals surface area contributed by atoms with Gasteiger partial charge in [0.2, 0.25) is 0 Å². The molecule has 84 valence electrons. The predicted molar refractivity (Wildman–Crippen MR) is 63.0 cm³/mol. The van der Waals surface area contributed by atoms with E-state index in [4.69, 9.17) is 17.3 Å². The van der Waals surface area contributed by atoms with E-state index in [-0.39, 0.29) is 0 Å². The van der Waals surface area contributed by atoms with Gasteiger partial charge in [-0.05, 0) is 35.0 Å². The minimum absolute atomic E-state index is 0.562. The van der Waals surface area contributed by atoms with Crippen molar-refractivity contribution in [1.82, 2.24) is 20.2 Å². The van der Waals surface area contributed by atoms with E-state index in [0.717, 1.165) is 18.5 Å². The third kappa shape index (κ3) is 1.99. The number of rotatable bonds is 3. The Morgan fingerprint density at radius 2 is 2.25 bits per heavy atom. The fourth-order valence-electron chi connectivity index (χ4n) is 1.47. The summed E-state index contributed by atoms with van der Waals surface area (Å²) < 4.78 is 1.73. The van der Waals surface area contributed by atoms with E-state index < -0.39 is 0 Å². The maximum absolute atomic E-state index is 6.10. The molecule has 2 aromatic rings. The van der Waals surface area contributed by atoms with Gasteiger partial charge in [0.1, 0.15) is 0 Å². The lowest BCUT2D eigenvalue weighted by molar-refractivity contribution is 0.583. The second kappa shape index (κ2) is 4.49. The first-order valence-corrected chi connectivity index (χ1v) is 5.41. The molecule has 0 aliphatic rings. The van der Waals surface area contributed by atoms with Gasteiger partial charge in [0.25, 0.3) is 0 Å². The second-order valence-corrected chi connectivity index (χ2v) is 3.87. The molecule has 0 unspecified atom stereocenters. The average Bonchev–Trinajstić information content (AvgIpc) is 2.67. The highest BCUT2D eigenvalue weighted by Crippen LogP contribution is 2.27. The highest BCUT2D eigenvalue weighted by atomic mass is 35.5. The summed E-state index contributed by atoms with van der Waals surface area (Å²) in [5, 5.41) is 12.1. The molecule has 0 aliphatic heterocycles. The van der Waals surface area contributed by atoms with Crippen LogP contribution in [-0.4, -0.2) is 20.2 Å². The second-order valence-electron chi connectivity index (χ2n) is 3.46. The van der Waals surface area contributed by atoms with E-state index in [1.165, 1.54) is 0 Å². The third-order valence-corrected chi connectivity index (χ3v) is 2.51. The number of hydrogen-bond acceptors (Lipinski definition) is 4. The standard InChI is InChI=1S/C10H12ClN5/c1-2-5-16-10(13-14-15-16)8-4-3-7(12)6-9(8)11/h3-4,6H,2,5,12H2,1H3. The molecule has 2 rings (SSSR count). The molecule has 16 heavy (non-hydrogen) atoms. The highest BCUT2D eigenvalue weighted by molar-refractivity contribution is 6.33. The van der Waals surface area contributed by atoms with Gasteiger partial charge < -0.3 is 5.73 Å². The molecule has 0 spiro atoms.